The first-order valence-electron chi connectivity index (χ1n) is 10.7. The summed E-state index contributed by atoms with van der Waals surface area (Å²) < 4.78 is 5.58. The quantitative estimate of drug-likeness (QED) is 0.582. The van der Waals surface area contributed by atoms with Crippen molar-refractivity contribution in [3.05, 3.63) is 59.0 Å². The molecular weight excluding hydrogens is 398 g/mol. The Morgan fingerprint density at radius 1 is 1.13 bits per heavy atom. The SMILES string of the molecule is O=C1CCC(N2Cc3ccc(CN4CCC(c5ccco5)CC4)cc3C2S)C(=O)N1. The van der Waals surface area contributed by atoms with E-state index in [1.165, 1.54) is 16.7 Å². The van der Waals surface area contributed by atoms with Crippen LogP contribution in [-0.4, -0.2) is 40.7 Å². The molecular formula is C23H27N3O3S. The summed E-state index contributed by atoms with van der Waals surface area (Å²) in [7, 11) is 0. The van der Waals surface area contributed by atoms with Crippen molar-refractivity contribution in [2.45, 2.75) is 56.1 Å². The summed E-state index contributed by atoms with van der Waals surface area (Å²) in [4.78, 5) is 28.4. The highest BCUT2D eigenvalue weighted by Crippen LogP contribution is 2.40. The number of hydrogen-bond acceptors (Lipinski definition) is 6. The molecule has 2 atom stereocenters. The van der Waals surface area contributed by atoms with Gasteiger partial charge < -0.3 is 4.42 Å². The van der Waals surface area contributed by atoms with Gasteiger partial charge in [-0.1, -0.05) is 18.2 Å². The average molecular weight is 426 g/mol. The number of thiol groups is 1. The fourth-order valence-electron chi connectivity index (χ4n) is 5.03. The minimum Gasteiger partial charge on any atom is -0.469 e. The van der Waals surface area contributed by atoms with Crippen LogP contribution in [-0.2, 0) is 22.7 Å². The number of benzene rings is 1. The first kappa shape index (κ1) is 19.8. The van der Waals surface area contributed by atoms with Crippen LogP contribution in [0.25, 0.3) is 0 Å². The van der Waals surface area contributed by atoms with Gasteiger partial charge in [0.25, 0.3) is 0 Å². The van der Waals surface area contributed by atoms with Crippen LogP contribution in [0, 0.1) is 0 Å². The van der Waals surface area contributed by atoms with E-state index in [0.717, 1.165) is 38.2 Å². The number of nitrogens with zero attached hydrogens (tertiary/aromatic N) is 2. The van der Waals surface area contributed by atoms with Crippen molar-refractivity contribution in [2.24, 2.45) is 0 Å². The monoisotopic (exact) mass is 425 g/mol. The lowest BCUT2D eigenvalue weighted by Crippen LogP contribution is -2.51. The van der Waals surface area contributed by atoms with E-state index in [9.17, 15) is 9.59 Å². The fourth-order valence-corrected chi connectivity index (χ4v) is 5.51. The van der Waals surface area contributed by atoms with Gasteiger partial charge in [0.15, 0.2) is 0 Å². The molecule has 0 aliphatic carbocycles. The second-order valence-corrected chi connectivity index (χ2v) is 9.10. The zero-order chi connectivity index (χ0) is 20.7. The predicted molar refractivity (Wildman–Crippen MR) is 116 cm³/mol. The van der Waals surface area contributed by atoms with Gasteiger partial charge in [0.05, 0.1) is 17.7 Å². The molecule has 3 aliphatic rings. The van der Waals surface area contributed by atoms with Crippen LogP contribution < -0.4 is 5.32 Å². The summed E-state index contributed by atoms with van der Waals surface area (Å²) in [6, 6.07) is 10.4. The molecule has 1 aromatic carbocycles. The minimum atomic E-state index is -0.290. The van der Waals surface area contributed by atoms with Crippen molar-refractivity contribution < 1.29 is 14.0 Å². The van der Waals surface area contributed by atoms with Gasteiger partial charge in [0.1, 0.15) is 5.76 Å². The number of nitrogens with one attached hydrogen (secondary N) is 1. The molecule has 158 valence electrons. The molecule has 1 aromatic heterocycles. The molecule has 0 radical (unpaired) electrons. The van der Waals surface area contributed by atoms with Gasteiger partial charge in [-0.2, -0.15) is 12.6 Å². The normalized spacial score (nSPS) is 26.0. The third-order valence-electron chi connectivity index (χ3n) is 6.71. The number of imide groups is 1. The number of carbonyl (C=O) groups excluding carboxylic acids is 2. The van der Waals surface area contributed by atoms with Gasteiger partial charge in [0, 0.05) is 25.4 Å². The van der Waals surface area contributed by atoms with Crippen molar-refractivity contribution >= 4 is 24.4 Å². The average Bonchev–Trinajstić information content (AvgIpc) is 3.38. The van der Waals surface area contributed by atoms with E-state index in [4.69, 9.17) is 17.0 Å². The van der Waals surface area contributed by atoms with Crippen LogP contribution in [0.15, 0.2) is 41.0 Å². The van der Waals surface area contributed by atoms with Gasteiger partial charge in [0.2, 0.25) is 11.8 Å². The topological polar surface area (TPSA) is 65.8 Å². The highest BCUT2D eigenvalue weighted by atomic mass is 32.1. The second-order valence-electron chi connectivity index (χ2n) is 8.61. The van der Waals surface area contributed by atoms with Crippen LogP contribution in [0.4, 0.5) is 0 Å². The Morgan fingerprint density at radius 2 is 1.97 bits per heavy atom. The Hall–Kier alpha value is -2.09. The molecule has 2 saturated heterocycles. The minimum absolute atomic E-state index is 0.117. The largest absolute Gasteiger partial charge is 0.469 e. The molecule has 2 unspecified atom stereocenters. The van der Waals surface area contributed by atoms with Crippen molar-refractivity contribution in [3.63, 3.8) is 0 Å². The van der Waals surface area contributed by atoms with E-state index < -0.39 is 0 Å². The lowest BCUT2D eigenvalue weighted by Gasteiger charge is -2.32. The van der Waals surface area contributed by atoms with Crippen molar-refractivity contribution in [2.75, 3.05) is 13.1 Å². The van der Waals surface area contributed by atoms with Gasteiger partial charge in [-0.15, -0.1) is 0 Å². The van der Waals surface area contributed by atoms with Gasteiger partial charge in [-0.3, -0.25) is 24.7 Å². The van der Waals surface area contributed by atoms with E-state index in [-0.39, 0.29) is 23.2 Å². The highest BCUT2D eigenvalue weighted by Gasteiger charge is 2.39. The maximum Gasteiger partial charge on any atom is 0.243 e. The van der Waals surface area contributed by atoms with Crippen LogP contribution in [0.2, 0.25) is 0 Å². The number of furan rings is 1. The van der Waals surface area contributed by atoms with Crippen LogP contribution in [0.5, 0.6) is 0 Å². The molecule has 2 aromatic rings. The predicted octanol–water partition coefficient (Wildman–Crippen LogP) is 3.21. The van der Waals surface area contributed by atoms with Crippen molar-refractivity contribution in [3.8, 4) is 0 Å². The zero-order valence-electron chi connectivity index (χ0n) is 16.9. The standard InChI is InChI=1S/C23H27N3O3S/c27-21-6-5-19(22(28)24-21)26-14-17-4-3-15(12-18(17)23(26)30)13-25-9-7-16(8-10-25)20-2-1-11-29-20/h1-4,11-12,16,19,23,30H,5-10,13-14H2,(H,24,27,28). The van der Waals surface area contributed by atoms with E-state index in [1.807, 2.05) is 6.07 Å². The number of piperidine rings is 2. The summed E-state index contributed by atoms with van der Waals surface area (Å²) in [6.07, 6.45) is 4.96. The number of rotatable bonds is 4. The third kappa shape index (κ3) is 3.82. The Bertz CT molecular complexity index is 937. The van der Waals surface area contributed by atoms with E-state index >= 15 is 0 Å². The molecule has 30 heavy (non-hydrogen) atoms. The smallest absolute Gasteiger partial charge is 0.243 e. The maximum atomic E-state index is 12.3. The van der Waals surface area contributed by atoms with Crippen LogP contribution >= 0.6 is 12.6 Å². The zero-order valence-corrected chi connectivity index (χ0v) is 17.8. The lowest BCUT2D eigenvalue weighted by molar-refractivity contribution is -0.137. The van der Waals surface area contributed by atoms with Gasteiger partial charge in [-0.05, 0) is 61.2 Å². The van der Waals surface area contributed by atoms with Gasteiger partial charge >= 0.3 is 0 Å². The summed E-state index contributed by atoms with van der Waals surface area (Å²) in [5.74, 6) is 1.26. The molecule has 2 fully saturated rings. The van der Waals surface area contributed by atoms with Crippen LogP contribution in [0.3, 0.4) is 0 Å². The van der Waals surface area contributed by atoms with E-state index in [2.05, 4.69) is 39.4 Å². The molecule has 5 rings (SSSR count). The molecule has 7 heteroatoms. The maximum absolute atomic E-state index is 12.3. The molecule has 6 nitrogen and oxygen atoms in total. The highest BCUT2D eigenvalue weighted by molar-refractivity contribution is 7.80. The Kier molecular flexibility index (Phi) is 5.43. The Balaban J connectivity index is 1.23. The summed E-state index contributed by atoms with van der Waals surface area (Å²) >= 11 is 4.84. The number of fused-ring (bicyclic) bond motifs is 1. The Morgan fingerprint density at radius 3 is 2.70 bits per heavy atom. The number of amides is 2. The molecule has 4 heterocycles. The molecule has 3 aliphatic heterocycles. The van der Waals surface area contributed by atoms with Crippen LogP contribution in [0.1, 0.15) is 59.4 Å². The lowest BCUT2D eigenvalue weighted by atomic mass is 9.94. The fraction of sp³-hybridized carbons (Fsp3) is 0.478. The molecule has 2 amide bonds. The van der Waals surface area contributed by atoms with E-state index in [1.54, 1.807) is 6.26 Å². The number of carbonyl (C=O) groups is 2. The summed E-state index contributed by atoms with van der Waals surface area (Å²) in [5.41, 5.74) is 3.69. The number of hydrogen-bond donors (Lipinski definition) is 2. The van der Waals surface area contributed by atoms with E-state index in [0.29, 0.717) is 25.3 Å². The molecule has 0 saturated carbocycles. The molecule has 0 bridgehead atoms. The second kappa shape index (κ2) is 8.21. The van der Waals surface area contributed by atoms with Gasteiger partial charge in [-0.25, -0.2) is 0 Å². The third-order valence-corrected chi connectivity index (χ3v) is 7.28. The first-order valence-corrected chi connectivity index (χ1v) is 11.2. The summed E-state index contributed by atoms with van der Waals surface area (Å²) in [6.45, 7) is 3.76. The van der Waals surface area contributed by atoms with Crippen molar-refractivity contribution in [1.82, 2.24) is 15.1 Å². The van der Waals surface area contributed by atoms with Crippen molar-refractivity contribution in [1.29, 1.82) is 0 Å². The first-order chi connectivity index (χ1) is 14.6. The summed E-state index contributed by atoms with van der Waals surface area (Å²) in [5, 5.41) is 2.35. The molecule has 0 spiro atoms. The Labute approximate surface area is 182 Å². The number of likely N-dealkylation sites (tertiary alicyclic amines) is 1. The molecule has 1 N–H and O–H groups in total.